The minimum atomic E-state index is -5.71. The van der Waals surface area contributed by atoms with Crippen molar-refractivity contribution in [1.29, 1.82) is 0 Å². The van der Waals surface area contributed by atoms with Crippen molar-refractivity contribution in [3.63, 3.8) is 0 Å². The second-order valence-electron chi connectivity index (χ2n) is 5.21. The number of fused-ring (bicyclic) bond motifs is 1. The topological polar surface area (TPSA) is 81.2 Å². The summed E-state index contributed by atoms with van der Waals surface area (Å²) in [6.45, 7) is 0. The first-order chi connectivity index (χ1) is 12.2. The summed E-state index contributed by atoms with van der Waals surface area (Å²) in [6.07, 6.45) is 1.62. The van der Waals surface area contributed by atoms with Gasteiger partial charge in [-0.15, -0.1) is 0 Å². The van der Waals surface area contributed by atoms with E-state index in [4.69, 9.17) is 0 Å². The zero-order valence-electron chi connectivity index (χ0n) is 13.3. The highest BCUT2D eigenvalue weighted by Crippen LogP contribution is 2.29. The molecule has 0 bridgehead atoms. The van der Waals surface area contributed by atoms with Crippen LogP contribution in [-0.2, 0) is 10.1 Å². The number of hydrogen-bond acceptors (Lipinski definition) is 6. The molecule has 0 saturated carbocycles. The van der Waals surface area contributed by atoms with Crippen LogP contribution in [-0.4, -0.2) is 30.9 Å². The Morgan fingerprint density at radius 1 is 1.08 bits per heavy atom. The van der Waals surface area contributed by atoms with Crippen LogP contribution < -0.4 is 9.50 Å². The number of hydrogen-bond donors (Lipinski definition) is 1. The van der Waals surface area contributed by atoms with Gasteiger partial charge in [-0.05, 0) is 36.4 Å². The Morgan fingerprint density at radius 2 is 1.85 bits per heavy atom. The van der Waals surface area contributed by atoms with E-state index in [1.165, 1.54) is 12.1 Å². The molecule has 0 fully saturated rings. The summed E-state index contributed by atoms with van der Waals surface area (Å²) < 4.78 is 63.5. The largest absolute Gasteiger partial charge is 0.534 e. The Morgan fingerprint density at radius 3 is 2.54 bits per heavy atom. The van der Waals surface area contributed by atoms with Crippen LogP contribution in [0.3, 0.4) is 0 Å². The number of anilines is 1. The number of rotatable bonds is 4. The molecule has 0 aliphatic heterocycles. The van der Waals surface area contributed by atoms with E-state index < -0.39 is 21.4 Å². The van der Waals surface area contributed by atoms with E-state index in [0.29, 0.717) is 22.4 Å². The van der Waals surface area contributed by atoms with E-state index in [1.807, 2.05) is 0 Å². The lowest BCUT2D eigenvalue weighted by Crippen LogP contribution is -2.28. The molecule has 1 N–H and O–H groups in total. The third kappa shape index (κ3) is 3.54. The molecule has 2 aromatic heterocycles. The van der Waals surface area contributed by atoms with Crippen molar-refractivity contribution < 1.29 is 25.8 Å². The van der Waals surface area contributed by atoms with Crippen LogP contribution in [0.2, 0.25) is 0 Å². The standard InChI is InChI=1S/C16H12F3N3O3S/c1-20-15-9-11(6-7-21-15)13-4-2-10-8-12(3-5-14(10)22-13)25-26(23,24)16(17,18)19/h2-9H,1H3,(H,20,21). The van der Waals surface area contributed by atoms with Crippen LogP contribution in [0.15, 0.2) is 48.7 Å². The summed E-state index contributed by atoms with van der Waals surface area (Å²) in [6, 6.07) is 10.5. The molecule has 0 radical (unpaired) electrons. The molecule has 0 saturated heterocycles. The molecular weight excluding hydrogens is 371 g/mol. The molecule has 0 atom stereocenters. The van der Waals surface area contributed by atoms with Crippen LogP contribution in [0.1, 0.15) is 0 Å². The van der Waals surface area contributed by atoms with Gasteiger partial charge in [-0.2, -0.15) is 21.6 Å². The molecule has 1 aromatic carbocycles. The predicted octanol–water partition coefficient (Wildman–Crippen LogP) is 3.57. The Balaban J connectivity index is 1.96. The number of nitrogens with zero attached hydrogens (tertiary/aromatic N) is 2. The van der Waals surface area contributed by atoms with E-state index in [-0.39, 0.29) is 0 Å². The fourth-order valence-corrected chi connectivity index (χ4v) is 2.67. The van der Waals surface area contributed by atoms with Crippen LogP contribution >= 0.6 is 0 Å². The summed E-state index contributed by atoms with van der Waals surface area (Å²) in [7, 11) is -3.98. The maximum atomic E-state index is 12.4. The summed E-state index contributed by atoms with van der Waals surface area (Å²) in [5.41, 5.74) is -3.59. The van der Waals surface area contributed by atoms with Gasteiger partial charge in [-0.1, -0.05) is 6.07 Å². The first-order valence-electron chi connectivity index (χ1n) is 7.25. The fourth-order valence-electron chi connectivity index (χ4n) is 2.22. The van der Waals surface area contributed by atoms with E-state index >= 15 is 0 Å². The highest BCUT2D eigenvalue weighted by atomic mass is 32.2. The maximum Gasteiger partial charge on any atom is 0.534 e. The molecule has 0 amide bonds. The highest BCUT2D eigenvalue weighted by Gasteiger charge is 2.48. The van der Waals surface area contributed by atoms with Gasteiger partial charge in [-0.3, -0.25) is 0 Å². The molecule has 136 valence electrons. The molecule has 0 aliphatic carbocycles. The number of aromatic nitrogens is 2. The number of halogens is 3. The van der Waals surface area contributed by atoms with Gasteiger partial charge < -0.3 is 9.50 Å². The van der Waals surface area contributed by atoms with E-state index in [9.17, 15) is 21.6 Å². The van der Waals surface area contributed by atoms with Crippen LogP contribution in [0.25, 0.3) is 22.2 Å². The van der Waals surface area contributed by atoms with E-state index in [0.717, 1.165) is 11.6 Å². The second-order valence-corrected chi connectivity index (χ2v) is 6.75. The van der Waals surface area contributed by atoms with Crippen molar-refractivity contribution in [2.24, 2.45) is 0 Å². The molecule has 0 aliphatic rings. The van der Waals surface area contributed by atoms with Crippen molar-refractivity contribution in [2.75, 3.05) is 12.4 Å². The lowest BCUT2D eigenvalue weighted by Gasteiger charge is -2.10. The average Bonchev–Trinajstić information content (AvgIpc) is 2.60. The van der Waals surface area contributed by atoms with Crippen molar-refractivity contribution >= 4 is 26.8 Å². The van der Waals surface area contributed by atoms with Gasteiger partial charge in [0.1, 0.15) is 11.6 Å². The lowest BCUT2D eigenvalue weighted by atomic mass is 10.1. The van der Waals surface area contributed by atoms with E-state index in [1.54, 1.807) is 37.5 Å². The first-order valence-corrected chi connectivity index (χ1v) is 8.66. The van der Waals surface area contributed by atoms with Crippen molar-refractivity contribution in [2.45, 2.75) is 5.51 Å². The molecule has 0 unspecified atom stereocenters. The minimum Gasteiger partial charge on any atom is -0.376 e. The Labute approximate surface area is 146 Å². The molecular formula is C16H12F3N3O3S. The van der Waals surface area contributed by atoms with Gasteiger partial charge in [0, 0.05) is 24.2 Å². The lowest BCUT2D eigenvalue weighted by molar-refractivity contribution is -0.0500. The van der Waals surface area contributed by atoms with Crippen molar-refractivity contribution in [3.05, 3.63) is 48.7 Å². The summed E-state index contributed by atoms with van der Waals surface area (Å²) in [5, 5.41) is 3.35. The van der Waals surface area contributed by atoms with E-state index in [2.05, 4.69) is 19.5 Å². The molecule has 0 spiro atoms. The monoisotopic (exact) mass is 383 g/mol. The minimum absolute atomic E-state index is 0.437. The van der Waals surface area contributed by atoms with Gasteiger partial charge in [0.25, 0.3) is 0 Å². The van der Waals surface area contributed by atoms with Crippen LogP contribution in [0, 0.1) is 0 Å². The first kappa shape index (κ1) is 17.9. The molecule has 3 rings (SSSR count). The average molecular weight is 383 g/mol. The number of nitrogens with one attached hydrogen (secondary N) is 1. The van der Waals surface area contributed by atoms with Crippen LogP contribution in [0.5, 0.6) is 5.75 Å². The second kappa shape index (κ2) is 6.45. The quantitative estimate of drug-likeness (QED) is 0.548. The van der Waals surface area contributed by atoms with Crippen LogP contribution in [0.4, 0.5) is 19.0 Å². The van der Waals surface area contributed by atoms with Gasteiger partial charge in [0.2, 0.25) is 0 Å². The Bertz CT molecular complexity index is 1070. The zero-order chi connectivity index (χ0) is 18.9. The fraction of sp³-hybridized carbons (Fsp3) is 0.125. The summed E-state index contributed by atoms with van der Waals surface area (Å²) in [4.78, 5) is 8.53. The van der Waals surface area contributed by atoms with Gasteiger partial charge in [0.05, 0.1) is 11.2 Å². The predicted molar refractivity (Wildman–Crippen MR) is 90.1 cm³/mol. The van der Waals surface area contributed by atoms with Gasteiger partial charge in [0.15, 0.2) is 0 Å². The number of alkyl halides is 3. The third-order valence-corrected chi connectivity index (χ3v) is 4.44. The SMILES string of the molecule is CNc1cc(-c2ccc3cc(OS(=O)(=O)C(F)(F)F)ccc3n2)ccn1. The normalized spacial score (nSPS) is 12.2. The van der Waals surface area contributed by atoms with Crippen molar-refractivity contribution in [3.8, 4) is 17.0 Å². The van der Waals surface area contributed by atoms with Gasteiger partial charge in [-0.25, -0.2) is 9.97 Å². The number of benzene rings is 1. The Hall–Kier alpha value is -2.88. The van der Waals surface area contributed by atoms with Gasteiger partial charge >= 0.3 is 15.6 Å². The summed E-state index contributed by atoms with van der Waals surface area (Å²) >= 11 is 0. The highest BCUT2D eigenvalue weighted by molar-refractivity contribution is 7.88. The Kier molecular flexibility index (Phi) is 4.45. The zero-order valence-corrected chi connectivity index (χ0v) is 14.1. The third-order valence-electron chi connectivity index (χ3n) is 3.46. The number of pyridine rings is 2. The molecule has 6 nitrogen and oxygen atoms in total. The maximum absolute atomic E-state index is 12.4. The molecule has 2 heterocycles. The molecule has 10 heteroatoms. The molecule has 26 heavy (non-hydrogen) atoms. The summed E-state index contributed by atoms with van der Waals surface area (Å²) in [5.74, 6) is 0.219. The molecule has 3 aromatic rings. The smallest absolute Gasteiger partial charge is 0.376 e. The van der Waals surface area contributed by atoms with Crippen molar-refractivity contribution in [1.82, 2.24) is 9.97 Å².